The number of hydrogen-bond donors (Lipinski definition) is 2. The maximum Gasteiger partial charge on any atom is 0.255 e. The summed E-state index contributed by atoms with van der Waals surface area (Å²) >= 11 is 5.11. The number of amides is 1. The van der Waals surface area contributed by atoms with Crippen LogP contribution >= 0.6 is 27.7 Å². The number of halogens is 1. The molecule has 3 nitrogen and oxygen atoms in total. The van der Waals surface area contributed by atoms with Crippen molar-refractivity contribution in [2.24, 2.45) is 0 Å². The van der Waals surface area contributed by atoms with Crippen molar-refractivity contribution in [1.29, 1.82) is 0 Å². The number of rotatable bonds is 8. The van der Waals surface area contributed by atoms with Crippen molar-refractivity contribution >= 4 is 33.6 Å². The average Bonchev–Trinajstić information content (AvgIpc) is 2.37. The molecule has 1 aromatic rings. The summed E-state index contributed by atoms with van der Waals surface area (Å²) in [6.07, 6.45) is 6.68. The Labute approximate surface area is 127 Å². The van der Waals surface area contributed by atoms with Crippen LogP contribution in [-0.4, -0.2) is 29.6 Å². The Balaban J connectivity index is 2.24. The minimum Gasteiger partial charge on any atom is -0.507 e. The Kier molecular flexibility index (Phi) is 7.98. The maximum absolute atomic E-state index is 11.8. The normalized spacial score (nSPS) is 10.4. The SMILES string of the molecule is CSCCCCCCNC(=O)c1ccc(Br)cc1O. The zero-order valence-electron chi connectivity index (χ0n) is 11.1. The molecule has 0 aliphatic rings. The van der Waals surface area contributed by atoms with E-state index in [4.69, 9.17) is 0 Å². The molecule has 106 valence electrons. The van der Waals surface area contributed by atoms with Crippen molar-refractivity contribution in [3.05, 3.63) is 28.2 Å². The van der Waals surface area contributed by atoms with E-state index in [0.29, 0.717) is 12.1 Å². The van der Waals surface area contributed by atoms with Gasteiger partial charge in [-0.25, -0.2) is 0 Å². The molecule has 0 unspecified atom stereocenters. The Morgan fingerprint density at radius 3 is 2.74 bits per heavy atom. The molecule has 5 heteroatoms. The summed E-state index contributed by atoms with van der Waals surface area (Å²) in [7, 11) is 0. The van der Waals surface area contributed by atoms with Crippen LogP contribution in [0.25, 0.3) is 0 Å². The summed E-state index contributed by atoms with van der Waals surface area (Å²) < 4.78 is 0.760. The molecule has 1 rings (SSSR count). The second-order valence-electron chi connectivity index (χ2n) is 4.32. The molecule has 19 heavy (non-hydrogen) atoms. The Morgan fingerprint density at radius 2 is 2.05 bits per heavy atom. The molecule has 0 saturated heterocycles. The zero-order valence-corrected chi connectivity index (χ0v) is 13.5. The van der Waals surface area contributed by atoms with Crippen molar-refractivity contribution in [1.82, 2.24) is 5.32 Å². The van der Waals surface area contributed by atoms with Gasteiger partial charge in [0.1, 0.15) is 5.75 Å². The van der Waals surface area contributed by atoms with Crippen molar-refractivity contribution in [3.8, 4) is 5.75 Å². The van der Waals surface area contributed by atoms with E-state index in [9.17, 15) is 9.90 Å². The van der Waals surface area contributed by atoms with Gasteiger partial charge in [-0.3, -0.25) is 4.79 Å². The molecule has 0 atom stereocenters. The predicted molar refractivity (Wildman–Crippen MR) is 85.0 cm³/mol. The minimum absolute atomic E-state index is 0.00634. The first-order chi connectivity index (χ1) is 9.15. The molecular formula is C14H20BrNO2S. The molecule has 1 aromatic carbocycles. The first-order valence-electron chi connectivity index (χ1n) is 6.41. The highest BCUT2D eigenvalue weighted by atomic mass is 79.9. The molecule has 0 bridgehead atoms. The largest absolute Gasteiger partial charge is 0.507 e. The van der Waals surface area contributed by atoms with Crippen molar-refractivity contribution in [3.63, 3.8) is 0 Å². The number of thioether (sulfide) groups is 1. The van der Waals surface area contributed by atoms with Gasteiger partial charge in [-0.05, 0) is 43.0 Å². The average molecular weight is 346 g/mol. The number of carbonyl (C=O) groups excluding carboxylic acids is 1. The summed E-state index contributed by atoms with van der Waals surface area (Å²) in [6.45, 7) is 0.660. The van der Waals surface area contributed by atoms with Crippen LogP contribution < -0.4 is 5.32 Å². The number of benzene rings is 1. The molecular weight excluding hydrogens is 326 g/mol. The first kappa shape index (κ1) is 16.4. The van der Waals surface area contributed by atoms with Gasteiger partial charge in [-0.1, -0.05) is 28.8 Å². The number of unbranched alkanes of at least 4 members (excludes halogenated alkanes) is 3. The molecule has 0 aromatic heterocycles. The van der Waals surface area contributed by atoms with Gasteiger partial charge in [0.05, 0.1) is 5.56 Å². The smallest absolute Gasteiger partial charge is 0.255 e. The number of nitrogens with one attached hydrogen (secondary N) is 1. The number of carbonyl (C=O) groups is 1. The third-order valence-corrected chi connectivity index (χ3v) is 3.96. The molecule has 0 aliphatic carbocycles. The zero-order chi connectivity index (χ0) is 14.1. The van der Waals surface area contributed by atoms with E-state index in [1.54, 1.807) is 12.1 Å². The molecule has 0 saturated carbocycles. The lowest BCUT2D eigenvalue weighted by Gasteiger charge is -2.07. The third kappa shape index (κ3) is 6.34. The number of hydrogen-bond acceptors (Lipinski definition) is 3. The van der Waals surface area contributed by atoms with E-state index in [1.807, 2.05) is 11.8 Å². The maximum atomic E-state index is 11.8. The topological polar surface area (TPSA) is 49.3 Å². The highest BCUT2D eigenvalue weighted by Gasteiger charge is 2.10. The van der Waals surface area contributed by atoms with Gasteiger partial charge in [0.15, 0.2) is 0 Å². The van der Waals surface area contributed by atoms with Crippen LogP contribution in [0.4, 0.5) is 0 Å². The van der Waals surface area contributed by atoms with Crippen LogP contribution in [0.3, 0.4) is 0 Å². The van der Waals surface area contributed by atoms with Gasteiger partial charge in [0.25, 0.3) is 5.91 Å². The fourth-order valence-electron chi connectivity index (χ4n) is 1.72. The van der Waals surface area contributed by atoms with E-state index in [2.05, 4.69) is 27.5 Å². The van der Waals surface area contributed by atoms with Gasteiger partial charge < -0.3 is 10.4 Å². The molecule has 0 spiro atoms. The fraction of sp³-hybridized carbons (Fsp3) is 0.500. The predicted octanol–water partition coefficient (Wildman–Crippen LogP) is 3.81. The molecule has 0 heterocycles. The number of phenolic OH excluding ortho intramolecular Hbond substituents is 1. The van der Waals surface area contributed by atoms with E-state index < -0.39 is 0 Å². The van der Waals surface area contributed by atoms with Gasteiger partial charge >= 0.3 is 0 Å². The highest BCUT2D eigenvalue weighted by Crippen LogP contribution is 2.22. The van der Waals surface area contributed by atoms with Gasteiger partial charge in [0, 0.05) is 11.0 Å². The molecule has 0 fully saturated rings. The highest BCUT2D eigenvalue weighted by molar-refractivity contribution is 9.10. The second kappa shape index (κ2) is 9.26. The van der Waals surface area contributed by atoms with Crippen LogP contribution in [-0.2, 0) is 0 Å². The van der Waals surface area contributed by atoms with Crippen molar-refractivity contribution in [2.75, 3.05) is 18.6 Å². The lowest BCUT2D eigenvalue weighted by atomic mass is 10.1. The van der Waals surface area contributed by atoms with Crippen molar-refractivity contribution < 1.29 is 9.90 Å². The third-order valence-electron chi connectivity index (χ3n) is 2.77. The van der Waals surface area contributed by atoms with E-state index in [0.717, 1.165) is 17.3 Å². The first-order valence-corrected chi connectivity index (χ1v) is 8.59. The quantitative estimate of drug-likeness (QED) is 0.704. The summed E-state index contributed by atoms with van der Waals surface area (Å²) in [5, 5.41) is 12.5. The van der Waals surface area contributed by atoms with E-state index >= 15 is 0 Å². The lowest BCUT2D eigenvalue weighted by Crippen LogP contribution is -2.24. The second-order valence-corrected chi connectivity index (χ2v) is 6.23. The molecule has 0 aliphatic heterocycles. The summed E-state index contributed by atoms with van der Waals surface area (Å²) in [5.74, 6) is 1.00. The number of aromatic hydroxyl groups is 1. The molecule has 0 radical (unpaired) electrons. The fourth-order valence-corrected chi connectivity index (χ4v) is 2.56. The van der Waals surface area contributed by atoms with Crippen molar-refractivity contribution in [2.45, 2.75) is 25.7 Å². The Bertz CT molecular complexity index is 412. The van der Waals surface area contributed by atoms with Crippen LogP contribution in [0, 0.1) is 0 Å². The Morgan fingerprint density at radius 1 is 1.32 bits per heavy atom. The summed E-state index contributed by atoms with van der Waals surface area (Å²) in [5.41, 5.74) is 0.325. The van der Waals surface area contributed by atoms with Crippen LogP contribution in [0.1, 0.15) is 36.0 Å². The van der Waals surface area contributed by atoms with Gasteiger partial charge in [-0.2, -0.15) is 11.8 Å². The summed E-state index contributed by atoms with van der Waals surface area (Å²) in [4.78, 5) is 11.8. The molecule has 2 N–H and O–H groups in total. The van der Waals surface area contributed by atoms with Crippen LogP contribution in [0.2, 0.25) is 0 Å². The molecule has 1 amide bonds. The Hall–Kier alpha value is -0.680. The standard InChI is InChI=1S/C14H20BrNO2S/c1-19-9-5-3-2-4-8-16-14(18)12-7-6-11(15)10-13(12)17/h6-7,10,17H,2-5,8-9H2,1H3,(H,16,18). The summed E-state index contributed by atoms with van der Waals surface area (Å²) in [6, 6.07) is 4.89. The van der Waals surface area contributed by atoms with Crippen LogP contribution in [0.15, 0.2) is 22.7 Å². The van der Waals surface area contributed by atoms with Crippen LogP contribution in [0.5, 0.6) is 5.75 Å². The van der Waals surface area contributed by atoms with Gasteiger partial charge in [0.2, 0.25) is 0 Å². The minimum atomic E-state index is -0.214. The lowest BCUT2D eigenvalue weighted by molar-refractivity contribution is 0.0950. The van der Waals surface area contributed by atoms with Gasteiger partial charge in [-0.15, -0.1) is 0 Å². The number of phenols is 1. The van der Waals surface area contributed by atoms with E-state index in [-0.39, 0.29) is 11.7 Å². The monoisotopic (exact) mass is 345 g/mol. The van der Waals surface area contributed by atoms with E-state index in [1.165, 1.54) is 24.7 Å².